The van der Waals surface area contributed by atoms with E-state index in [4.69, 9.17) is 4.74 Å². The molecule has 0 aromatic heterocycles. The van der Waals surface area contributed by atoms with E-state index in [1.54, 1.807) is 0 Å². The van der Waals surface area contributed by atoms with E-state index >= 15 is 0 Å². The number of aliphatic hydroxyl groups is 2. The molecule has 432 valence electrons. The minimum Gasteiger partial charge on any atom is -0.466 e. The van der Waals surface area contributed by atoms with Crippen LogP contribution in [0.1, 0.15) is 367 Å². The second-order valence-corrected chi connectivity index (χ2v) is 22.8. The van der Waals surface area contributed by atoms with Crippen LogP contribution in [0.2, 0.25) is 0 Å². The minimum atomic E-state index is -0.676. The van der Waals surface area contributed by atoms with Gasteiger partial charge < -0.3 is 20.3 Å². The Morgan fingerprint density at radius 1 is 0.370 bits per heavy atom. The third-order valence-corrected chi connectivity index (χ3v) is 15.5. The number of amides is 1. The van der Waals surface area contributed by atoms with Crippen LogP contribution in [0.15, 0.2) is 24.3 Å². The highest BCUT2D eigenvalue weighted by atomic mass is 16.5. The zero-order valence-corrected chi connectivity index (χ0v) is 49.4. The van der Waals surface area contributed by atoms with Gasteiger partial charge in [-0.3, -0.25) is 9.59 Å². The number of hydrogen-bond acceptors (Lipinski definition) is 5. The first-order valence-corrected chi connectivity index (χ1v) is 33.1. The van der Waals surface area contributed by atoms with Gasteiger partial charge in [-0.1, -0.05) is 301 Å². The molecule has 0 saturated heterocycles. The molecule has 0 saturated carbocycles. The van der Waals surface area contributed by atoms with Crippen molar-refractivity contribution < 1.29 is 24.5 Å². The number of carbonyl (C=O) groups excluding carboxylic acids is 2. The molecule has 0 bridgehead atoms. The fraction of sp³-hybridized carbons (Fsp3) is 0.910. The summed E-state index contributed by atoms with van der Waals surface area (Å²) < 4.78 is 5.49. The summed E-state index contributed by atoms with van der Waals surface area (Å²) in [7, 11) is 0. The van der Waals surface area contributed by atoms with Crippen LogP contribution in [-0.2, 0) is 14.3 Å². The Morgan fingerprint density at radius 2 is 0.644 bits per heavy atom. The van der Waals surface area contributed by atoms with E-state index in [-0.39, 0.29) is 18.5 Å². The number of hydrogen-bond donors (Lipinski definition) is 3. The number of rotatable bonds is 62. The van der Waals surface area contributed by atoms with E-state index in [0.29, 0.717) is 25.9 Å². The molecule has 3 N–H and O–H groups in total. The number of aliphatic hydroxyl groups excluding tert-OH is 2. The van der Waals surface area contributed by atoms with Gasteiger partial charge in [0.2, 0.25) is 5.91 Å². The van der Waals surface area contributed by atoms with Gasteiger partial charge in [0.25, 0.3) is 0 Å². The van der Waals surface area contributed by atoms with Crippen molar-refractivity contribution in [1.29, 1.82) is 0 Å². The Morgan fingerprint density at radius 3 is 0.973 bits per heavy atom. The molecule has 0 aromatic carbocycles. The summed E-state index contributed by atoms with van der Waals surface area (Å²) in [5.41, 5.74) is 0. The molecule has 0 radical (unpaired) electrons. The summed E-state index contributed by atoms with van der Waals surface area (Å²) in [5.74, 6) is -0.0507. The molecule has 0 aliphatic carbocycles. The molecule has 73 heavy (non-hydrogen) atoms. The van der Waals surface area contributed by atoms with Gasteiger partial charge in [0.05, 0.1) is 25.4 Å². The third kappa shape index (κ3) is 59.4. The Labute approximate surface area is 456 Å². The summed E-state index contributed by atoms with van der Waals surface area (Å²) in [5, 5.41) is 23.4. The van der Waals surface area contributed by atoms with Crippen molar-refractivity contribution in [2.75, 3.05) is 13.2 Å². The van der Waals surface area contributed by atoms with Gasteiger partial charge in [0, 0.05) is 12.8 Å². The van der Waals surface area contributed by atoms with Crippen molar-refractivity contribution in [3.8, 4) is 0 Å². The van der Waals surface area contributed by atoms with Crippen molar-refractivity contribution in [2.24, 2.45) is 0 Å². The number of ether oxygens (including phenoxy) is 1. The second kappa shape index (κ2) is 62.9. The van der Waals surface area contributed by atoms with Crippen LogP contribution in [0, 0.1) is 0 Å². The maximum absolute atomic E-state index is 12.5. The summed E-state index contributed by atoms with van der Waals surface area (Å²) in [6.45, 7) is 4.96. The number of nitrogens with one attached hydrogen (secondary N) is 1. The van der Waals surface area contributed by atoms with Crippen molar-refractivity contribution in [1.82, 2.24) is 5.32 Å². The van der Waals surface area contributed by atoms with E-state index in [1.807, 2.05) is 0 Å². The van der Waals surface area contributed by atoms with Gasteiger partial charge in [-0.25, -0.2) is 0 Å². The normalized spacial score (nSPS) is 12.7. The fourth-order valence-corrected chi connectivity index (χ4v) is 10.4. The fourth-order valence-electron chi connectivity index (χ4n) is 10.4. The molecule has 0 aliphatic heterocycles. The highest BCUT2D eigenvalue weighted by molar-refractivity contribution is 5.76. The van der Waals surface area contributed by atoms with E-state index in [9.17, 15) is 19.8 Å². The lowest BCUT2D eigenvalue weighted by Crippen LogP contribution is -2.45. The lowest BCUT2D eigenvalue weighted by molar-refractivity contribution is -0.143. The average molecular weight is 1030 g/mol. The Balaban J connectivity index is 3.44. The van der Waals surface area contributed by atoms with Gasteiger partial charge >= 0.3 is 5.97 Å². The van der Waals surface area contributed by atoms with Crippen molar-refractivity contribution in [3.05, 3.63) is 24.3 Å². The summed E-state index contributed by atoms with van der Waals surface area (Å²) in [4.78, 5) is 24.6. The standard InChI is InChI=1S/C67H129NO5/c1-3-5-7-9-11-13-15-17-19-21-23-24-26-27-31-35-39-43-47-51-55-59-65(70)64(63-69)68-66(71)60-56-52-48-44-40-36-32-29-30-34-38-42-46-50-54-58-62-73-67(72)61-57-53-49-45-41-37-33-28-25-22-20-18-16-14-12-10-8-6-4-2/h18,20,29,32,64-65,69-70H,3-17,19,21-28,30-31,33-63H2,1-2H3,(H,68,71)/b20-18-,32-29-. The van der Waals surface area contributed by atoms with Crippen LogP contribution in [0.25, 0.3) is 0 Å². The van der Waals surface area contributed by atoms with Crippen LogP contribution >= 0.6 is 0 Å². The first kappa shape index (κ1) is 71.3. The van der Waals surface area contributed by atoms with Crippen molar-refractivity contribution in [3.63, 3.8) is 0 Å². The van der Waals surface area contributed by atoms with Gasteiger partial charge in [-0.2, -0.15) is 0 Å². The molecule has 0 fully saturated rings. The predicted molar refractivity (Wildman–Crippen MR) is 320 cm³/mol. The number of esters is 1. The Kier molecular flexibility index (Phi) is 61.4. The highest BCUT2D eigenvalue weighted by Gasteiger charge is 2.20. The first-order chi connectivity index (χ1) is 36.0. The molecule has 0 spiro atoms. The summed E-state index contributed by atoms with van der Waals surface area (Å²) in [6.07, 6.45) is 77.7. The maximum atomic E-state index is 12.5. The first-order valence-electron chi connectivity index (χ1n) is 33.1. The minimum absolute atomic E-state index is 0.00224. The molecular weight excluding hydrogens is 899 g/mol. The quantitative estimate of drug-likeness (QED) is 0.0320. The zero-order chi connectivity index (χ0) is 52.9. The Bertz CT molecular complexity index is 1140. The van der Waals surface area contributed by atoms with Crippen molar-refractivity contribution in [2.45, 2.75) is 379 Å². The monoisotopic (exact) mass is 1030 g/mol. The average Bonchev–Trinajstić information content (AvgIpc) is 3.39. The van der Waals surface area contributed by atoms with Gasteiger partial charge in [0.1, 0.15) is 0 Å². The van der Waals surface area contributed by atoms with Crippen LogP contribution < -0.4 is 5.32 Å². The molecule has 0 rings (SSSR count). The predicted octanol–water partition coefficient (Wildman–Crippen LogP) is 21.0. The molecule has 6 heteroatoms. The largest absolute Gasteiger partial charge is 0.466 e. The van der Waals surface area contributed by atoms with Gasteiger partial charge in [-0.15, -0.1) is 0 Å². The van der Waals surface area contributed by atoms with Gasteiger partial charge in [-0.05, 0) is 77.0 Å². The highest BCUT2D eigenvalue weighted by Crippen LogP contribution is 2.18. The summed E-state index contributed by atoms with van der Waals surface area (Å²) >= 11 is 0. The topological polar surface area (TPSA) is 95.9 Å². The SMILES string of the molecule is CCCCCCCC/C=C\CCCCCCCCCCCC(=O)OCCCCCCCCC/C=C\CCCCCCCC(=O)NC(CO)C(O)CCCCCCCCCCCCCCCCCCCCCCC. The van der Waals surface area contributed by atoms with E-state index < -0.39 is 12.1 Å². The van der Waals surface area contributed by atoms with Crippen LogP contribution in [0.5, 0.6) is 0 Å². The van der Waals surface area contributed by atoms with Gasteiger partial charge in [0.15, 0.2) is 0 Å². The van der Waals surface area contributed by atoms with E-state index in [2.05, 4.69) is 43.5 Å². The van der Waals surface area contributed by atoms with Crippen LogP contribution in [0.4, 0.5) is 0 Å². The molecule has 0 aliphatic rings. The molecule has 6 nitrogen and oxygen atoms in total. The molecule has 0 heterocycles. The number of allylic oxidation sites excluding steroid dienone is 4. The third-order valence-electron chi connectivity index (χ3n) is 15.5. The summed E-state index contributed by atoms with van der Waals surface area (Å²) in [6, 6.07) is -0.555. The van der Waals surface area contributed by atoms with Crippen molar-refractivity contribution >= 4 is 11.9 Å². The Hall–Kier alpha value is -1.66. The number of carbonyl (C=O) groups is 2. The van der Waals surface area contributed by atoms with E-state index in [0.717, 1.165) is 64.2 Å². The lowest BCUT2D eigenvalue weighted by Gasteiger charge is -2.22. The second-order valence-electron chi connectivity index (χ2n) is 22.8. The smallest absolute Gasteiger partial charge is 0.305 e. The van der Waals surface area contributed by atoms with E-state index in [1.165, 1.54) is 270 Å². The van der Waals surface area contributed by atoms with Crippen LogP contribution in [-0.4, -0.2) is 47.4 Å². The number of unbranched alkanes of at least 4 members (excludes halogenated alkanes) is 47. The molecule has 2 unspecified atom stereocenters. The molecule has 2 atom stereocenters. The lowest BCUT2D eigenvalue weighted by atomic mass is 10.0. The zero-order valence-electron chi connectivity index (χ0n) is 49.4. The maximum Gasteiger partial charge on any atom is 0.305 e. The molecular formula is C67H129NO5. The molecule has 1 amide bonds. The molecule has 0 aromatic rings. The van der Waals surface area contributed by atoms with Crippen LogP contribution in [0.3, 0.4) is 0 Å².